The fraction of sp³-hybridized carbons (Fsp3) is 0.231. The van der Waals surface area contributed by atoms with Crippen LogP contribution in [-0.4, -0.2) is 27.9 Å². The van der Waals surface area contributed by atoms with Crippen LogP contribution < -0.4 is 5.73 Å². The van der Waals surface area contributed by atoms with Crippen molar-refractivity contribution < 1.29 is 14.3 Å². The van der Waals surface area contributed by atoms with Crippen molar-refractivity contribution in [2.24, 2.45) is 5.73 Å². The highest BCUT2D eigenvalue weighted by molar-refractivity contribution is 7.98. The Kier molecular flexibility index (Phi) is 5.05. The van der Waals surface area contributed by atoms with Crippen molar-refractivity contribution in [2.75, 3.05) is 5.75 Å². The maximum absolute atomic E-state index is 10.6. The number of thioether (sulfide) groups is 1. The summed E-state index contributed by atoms with van der Waals surface area (Å²) in [6, 6.07) is 6.32. The summed E-state index contributed by atoms with van der Waals surface area (Å²) in [4.78, 5) is 14.9. The van der Waals surface area contributed by atoms with Crippen LogP contribution in [0.3, 0.4) is 0 Å². The first-order chi connectivity index (χ1) is 9.56. The number of oxazole rings is 1. The third kappa shape index (κ3) is 4.00. The molecule has 7 heteroatoms. The van der Waals surface area contributed by atoms with Crippen molar-refractivity contribution in [1.82, 2.24) is 4.98 Å². The fourth-order valence-corrected chi connectivity index (χ4v) is 2.44. The average Bonchev–Trinajstić information content (AvgIpc) is 2.88. The Morgan fingerprint density at radius 1 is 1.45 bits per heavy atom. The van der Waals surface area contributed by atoms with Crippen LogP contribution in [0, 0.1) is 0 Å². The molecule has 0 unspecified atom stereocenters. The van der Waals surface area contributed by atoms with Crippen molar-refractivity contribution in [1.29, 1.82) is 0 Å². The molecule has 0 radical (unpaired) electrons. The maximum atomic E-state index is 10.6. The summed E-state index contributed by atoms with van der Waals surface area (Å²) in [6.07, 6.45) is 1.56. The lowest BCUT2D eigenvalue weighted by Crippen LogP contribution is -2.32. The van der Waals surface area contributed by atoms with E-state index in [1.165, 1.54) is 11.8 Å². The van der Waals surface area contributed by atoms with E-state index in [2.05, 4.69) is 4.98 Å². The third-order valence-corrected chi connectivity index (χ3v) is 3.85. The molecule has 0 aliphatic rings. The van der Waals surface area contributed by atoms with E-state index in [1.807, 2.05) is 12.1 Å². The second-order valence-electron chi connectivity index (χ2n) is 4.11. The molecule has 1 aromatic carbocycles. The number of benzene rings is 1. The van der Waals surface area contributed by atoms with Gasteiger partial charge in [-0.1, -0.05) is 11.6 Å². The molecule has 0 aliphatic carbocycles. The van der Waals surface area contributed by atoms with E-state index in [0.29, 0.717) is 22.4 Å². The van der Waals surface area contributed by atoms with Gasteiger partial charge in [0.2, 0.25) is 5.89 Å². The number of aliphatic carboxylic acids is 1. The zero-order valence-electron chi connectivity index (χ0n) is 10.5. The normalized spacial score (nSPS) is 12.3. The molecule has 0 fully saturated rings. The largest absolute Gasteiger partial charge is 0.480 e. The van der Waals surface area contributed by atoms with Gasteiger partial charge in [0, 0.05) is 22.1 Å². The summed E-state index contributed by atoms with van der Waals surface area (Å²) in [6.45, 7) is 0. The first kappa shape index (κ1) is 14.9. The topological polar surface area (TPSA) is 89.4 Å². The molecule has 20 heavy (non-hydrogen) atoms. The lowest BCUT2D eigenvalue weighted by Gasteiger charge is -2.03. The molecule has 0 aliphatic heterocycles. The molecule has 2 aromatic rings. The molecule has 0 saturated heterocycles. The number of hydrogen-bond acceptors (Lipinski definition) is 5. The van der Waals surface area contributed by atoms with E-state index in [1.54, 1.807) is 18.4 Å². The minimum Gasteiger partial charge on any atom is -0.480 e. The van der Waals surface area contributed by atoms with Crippen molar-refractivity contribution in [3.05, 3.63) is 41.2 Å². The Bertz CT molecular complexity index is 586. The van der Waals surface area contributed by atoms with Gasteiger partial charge in [-0.3, -0.25) is 4.79 Å². The number of aromatic nitrogens is 1. The smallest absolute Gasteiger partial charge is 0.321 e. The lowest BCUT2D eigenvalue weighted by molar-refractivity contribution is -0.137. The summed E-state index contributed by atoms with van der Waals surface area (Å²) in [5.41, 5.74) is 7.00. The van der Waals surface area contributed by atoms with Gasteiger partial charge in [0.25, 0.3) is 0 Å². The van der Waals surface area contributed by atoms with Gasteiger partial charge >= 0.3 is 5.97 Å². The molecule has 1 atom stereocenters. The van der Waals surface area contributed by atoms with E-state index in [4.69, 9.17) is 26.9 Å². The molecule has 1 heterocycles. The standard InChI is InChI=1S/C13H13ClN2O3S/c14-9-3-1-8(2-4-9)12-16-10(5-19-12)6-20-7-11(15)13(17)18/h1-5,11H,6-7,15H2,(H,17,18)/t11-/m0/s1. The number of halogens is 1. The number of rotatable bonds is 6. The minimum absolute atomic E-state index is 0.332. The van der Waals surface area contributed by atoms with Crippen molar-refractivity contribution in [2.45, 2.75) is 11.8 Å². The molecule has 0 bridgehead atoms. The van der Waals surface area contributed by atoms with Crippen LogP contribution in [0.2, 0.25) is 5.02 Å². The zero-order chi connectivity index (χ0) is 14.5. The number of carboxylic acid groups (broad SMARTS) is 1. The Labute approximate surface area is 125 Å². The number of carbonyl (C=O) groups is 1. The monoisotopic (exact) mass is 312 g/mol. The minimum atomic E-state index is -1.00. The molecule has 106 valence electrons. The summed E-state index contributed by atoms with van der Waals surface area (Å²) < 4.78 is 5.38. The number of nitrogens with two attached hydrogens (primary N) is 1. The Hall–Kier alpha value is -1.50. The van der Waals surface area contributed by atoms with Crippen LogP contribution >= 0.6 is 23.4 Å². The highest BCUT2D eigenvalue weighted by atomic mass is 35.5. The summed E-state index contributed by atoms with van der Waals surface area (Å²) in [5.74, 6) is 0.399. The predicted octanol–water partition coefficient (Wildman–Crippen LogP) is 2.64. The molecule has 1 aromatic heterocycles. The second kappa shape index (κ2) is 6.78. The third-order valence-electron chi connectivity index (χ3n) is 2.51. The van der Waals surface area contributed by atoms with Gasteiger partial charge in [0.1, 0.15) is 12.3 Å². The molecule has 0 saturated carbocycles. The summed E-state index contributed by atoms with van der Waals surface area (Å²) in [7, 11) is 0. The van der Waals surface area contributed by atoms with Crippen LogP contribution in [0.4, 0.5) is 0 Å². The Balaban J connectivity index is 1.92. The van der Waals surface area contributed by atoms with Gasteiger partial charge in [-0.05, 0) is 24.3 Å². The number of hydrogen-bond donors (Lipinski definition) is 2. The summed E-state index contributed by atoms with van der Waals surface area (Å²) >= 11 is 7.22. The Morgan fingerprint density at radius 2 is 2.15 bits per heavy atom. The molecule has 0 amide bonds. The van der Waals surface area contributed by atoms with E-state index in [-0.39, 0.29) is 0 Å². The maximum Gasteiger partial charge on any atom is 0.321 e. The lowest BCUT2D eigenvalue weighted by atomic mass is 10.2. The van der Waals surface area contributed by atoms with Crippen molar-refractivity contribution >= 4 is 29.3 Å². The molecule has 5 nitrogen and oxygen atoms in total. The molecule has 3 N–H and O–H groups in total. The van der Waals surface area contributed by atoms with Crippen LogP contribution in [0.25, 0.3) is 11.5 Å². The highest BCUT2D eigenvalue weighted by Crippen LogP contribution is 2.22. The van der Waals surface area contributed by atoms with Crippen LogP contribution in [0.15, 0.2) is 34.9 Å². The molecule has 0 spiro atoms. The molecular formula is C13H13ClN2O3S. The van der Waals surface area contributed by atoms with Crippen LogP contribution in [0.1, 0.15) is 5.69 Å². The fourth-order valence-electron chi connectivity index (χ4n) is 1.46. The van der Waals surface area contributed by atoms with Crippen molar-refractivity contribution in [3.63, 3.8) is 0 Å². The SMILES string of the molecule is N[C@@H](CSCc1coc(-c2ccc(Cl)cc2)n1)C(=O)O. The van der Waals surface area contributed by atoms with Gasteiger partial charge in [-0.25, -0.2) is 4.98 Å². The van der Waals surface area contributed by atoms with E-state index in [0.717, 1.165) is 11.3 Å². The van der Waals surface area contributed by atoms with Gasteiger partial charge in [0.15, 0.2) is 0 Å². The highest BCUT2D eigenvalue weighted by Gasteiger charge is 2.12. The van der Waals surface area contributed by atoms with Gasteiger partial charge in [-0.15, -0.1) is 0 Å². The van der Waals surface area contributed by atoms with Gasteiger partial charge in [0.05, 0.1) is 5.69 Å². The molecule has 2 rings (SSSR count). The predicted molar refractivity (Wildman–Crippen MR) is 78.7 cm³/mol. The first-order valence-electron chi connectivity index (χ1n) is 5.82. The first-order valence-corrected chi connectivity index (χ1v) is 7.36. The average molecular weight is 313 g/mol. The molecular weight excluding hydrogens is 300 g/mol. The van der Waals surface area contributed by atoms with Crippen LogP contribution in [0.5, 0.6) is 0 Å². The van der Waals surface area contributed by atoms with Gasteiger partial charge < -0.3 is 15.3 Å². The van der Waals surface area contributed by atoms with Gasteiger partial charge in [-0.2, -0.15) is 11.8 Å². The van der Waals surface area contributed by atoms with Crippen molar-refractivity contribution in [3.8, 4) is 11.5 Å². The summed E-state index contributed by atoms with van der Waals surface area (Å²) in [5, 5.41) is 9.32. The zero-order valence-corrected chi connectivity index (χ0v) is 12.0. The van der Waals surface area contributed by atoms with Crippen LogP contribution in [-0.2, 0) is 10.5 Å². The van der Waals surface area contributed by atoms with E-state index < -0.39 is 12.0 Å². The quantitative estimate of drug-likeness (QED) is 0.852. The second-order valence-corrected chi connectivity index (χ2v) is 5.58. The van der Waals surface area contributed by atoms with E-state index in [9.17, 15) is 4.79 Å². The number of nitrogens with zero attached hydrogens (tertiary/aromatic N) is 1. The number of carboxylic acids is 1. The van der Waals surface area contributed by atoms with E-state index >= 15 is 0 Å². The Morgan fingerprint density at radius 3 is 2.80 bits per heavy atom.